The second kappa shape index (κ2) is 7.22. The van der Waals surface area contributed by atoms with Crippen LogP contribution >= 0.6 is 0 Å². The van der Waals surface area contributed by atoms with E-state index in [0.29, 0.717) is 13.0 Å². The highest BCUT2D eigenvalue weighted by Crippen LogP contribution is 2.08. The van der Waals surface area contributed by atoms with Gasteiger partial charge in [0.05, 0.1) is 18.6 Å². The Kier molecular flexibility index (Phi) is 6.72. The van der Waals surface area contributed by atoms with Crippen LogP contribution < -0.4 is 11.1 Å². The number of nitrogens with two attached hydrogens (primary N) is 1. The van der Waals surface area contributed by atoms with E-state index in [4.69, 9.17) is 10.5 Å². The number of rotatable bonds is 7. The average Bonchev–Trinajstić information content (AvgIpc) is 2.17. The molecule has 1 unspecified atom stereocenters. The van der Waals surface area contributed by atoms with Gasteiger partial charge in [-0.25, -0.2) is 0 Å². The van der Waals surface area contributed by atoms with Crippen molar-refractivity contribution in [2.75, 3.05) is 13.2 Å². The van der Waals surface area contributed by atoms with Crippen LogP contribution in [0.5, 0.6) is 0 Å². The van der Waals surface area contributed by atoms with Crippen LogP contribution in [0.1, 0.15) is 40.0 Å². The highest BCUT2D eigenvalue weighted by atomic mass is 16.5. The molecule has 16 heavy (non-hydrogen) atoms. The van der Waals surface area contributed by atoms with E-state index in [2.05, 4.69) is 5.32 Å². The maximum atomic E-state index is 11.6. The topological polar surface area (TPSA) is 81.4 Å². The predicted molar refractivity (Wildman–Crippen MR) is 61.8 cm³/mol. The van der Waals surface area contributed by atoms with Crippen molar-refractivity contribution < 1.29 is 14.3 Å². The first-order valence-electron chi connectivity index (χ1n) is 5.66. The molecule has 0 aromatic carbocycles. The van der Waals surface area contributed by atoms with E-state index in [9.17, 15) is 9.59 Å². The molecule has 5 nitrogen and oxygen atoms in total. The molecule has 0 rings (SSSR count). The third kappa shape index (κ3) is 5.70. The molecule has 3 N–H and O–H groups in total. The van der Waals surface area contributed by atoms with Gasteiger partial charge in [0.1, 0.15) is 0 Å². The standard InChI is InChI=1S/C11H22N2O3/c1-4-7-11(3,12)10(15)13-8-6-9(14)16-5-2/h4-8,12H2,1-3H3,(H,13,15). The van der Waals surface area contributed by atoms with Gasteiger partial charge in [-0.3, -0.25) is 9.59 Å². The molecule has 0 aromatic rings. The number of amides is 1. The molecule has 0 spiro atoms. The van der Waals surface area contributed by atoms with Gasteiger partial charge in [-0.15, -0.1) is 0 Å². The number of hydrogen-bond acceptors (Lipinski definition) is 4. The van der Waals surface area contributed by atoms with Crippen molar-refractivity contribution >= 4 is 11.9 Å². The van der Waals surface area contributed by atoms with E-state index in [1.165, 1.54) is 0 Å². The summed E-state index contributed by atoms with van der Waals surface area (Å²) < 4.78 is 4.74. The van der Waals surface area contributed by atoms with Gasteiger partial charge in [-0.1, -0.05) is 13.3 Å². The van der Waals surface area contributed by atoms with Gasteiger partial charge in [0.15, 0.2) is 0 Å². The van der Waals surface area contributed by atoms with Crippen LogP contribution in [0, 0.1) is 0 Å². The molecule has 0 radical (unpaired) electrons. The molecule has 94 valence electrons. The number of hydrogen-bond donors (Lipinski definition) is 2. The summed E-state index contributed by atoms with van der Waals surface area (Å²) in [5, 5.41) is 2.63. The lowest BCUT2D eigenvalue weighted by Gasteiger charge is -2.22. The van der Waals surface area contributed by atoms with Crippen molar-refractivity contribution in [2.24, 2.45) is 5.73 Å². The fraction of sp³-hybridized carbons (Fsp3) is 0.818. The molecular formula is C11H22N2O3. The molecule has 0 aliphatic carbocycles. The summed E-state index contributed by atoms with van der Waals surface area (Å²) in [4.78, 5) is 22.6. The van der Waals surface area contributed by atoms with Crippen LogP contribution in [0.2, 0.25) is 0 Å². The van der Waals surface area contributed by atoms with E-state index in [1.54, 1.807) is 13.8 Å². The highest BCUT2D eigenvalue weighted by Gasteiger charge is 2.26. The molecule has 0 saturated heterocycles. The Labute approximate surface area is 96.7 Å². The number of esters is 1. The number of nitrogens with one attached hydrogen (secondary N) is 1. The van der Waals surface area contributed by atoms with E-state index in [0.717, 1.165) is 6.42 Å². The van der Waals surface area contributed by atoms with Crippen molar-refractivity contribution in [2.45, 2.75) is 45.6 Å². The summed E-state index contributed by atoms with van der Waals surface area (Å²) >= 11 is 0. The summed E-state index contributed by atoms with van der Waals surface area (Å²) in [6.45, 7) is 6.03. The molecule has 5 heteroatoms. The summed E-state index contributed by atoms with van der Waals surface area (Å²) in [5.74, 6) is -0.532. The lowest BCUT2D eigenvalue weighted by Crippen LogP contribution is -2.51. The summed E-state index contributed by atoms with van der Waals surface area (Å²) in [6, 6.07) is 0. The maximum Gasteiger partial charge on any atom is 0.307 e. The first-order chi connectivity index (χ1) is 7.44. The molecule has 0 heterocycles. The van der Waals surface area contributed by atoms with E-state index < -0.39 is 5.54 Å². The minimum atomic E-state index is -0.858. The Hall–Kier alpha value is -1.10. The Morgan fingerprint density at radius 2 is 2.00 bits per heavy atom. The smallest absolute Gasteiger partial charge is 0.307 e. The van der Waals surface area contributed by atoms with Crippen molar-refractivity contribution in [3.8, 4) is 0 Å². The molecule has 0 aromatic heterocycles. The largest absolute Gasteiger partial charge is 0.466 e. The molecule has 0 aliphatic heterocycles. The molecular weight excluding hydrogens is 208 g/mol. The lowest BCUT2D eigenvalue weighted by molar-refractivity contribution is -0.143. The molecule has 0 bridgehead atoms. The van der Waals surface area contributed by atoms with E-state index in [-0.39, 0.29) is 24.8 Å². The fourth-order valence-electron chi connectivity index (χ4n) is 1.35. The fourth-order valence-corrected chi connectivity index (χ4v) is 1.35. The summed E-state index contributed by atoms with van der Waals surface area (Å²) in [6.07, 6.45) is 1.65. The SMILES string of the molecule is CCCC(C)(N)C(=O)NCCC(=O)OCC. The van der Waals surface area contributed by atoms with Crippen LogP contribution in [0.4, 0.5) is 0 Å². The predicted octanol–water partition coefficient (Wildman–Crippen LogP) is 0.573. The van der Waals surface area contributed by atoms with Gasteiger partial charge in [-0.05, 0) is 20.3 Å². The van der Waals surface area contributed by atoms with Crippen LogP contribution in [0.15, 0.2) is 0 Å². The van der Waals surface area contributed by atoms with Gasteiger partial charge in [0.25, 0.3) is 0 Å². The Bertz CT molecular complexity index is 239. The van der Waals surface area contributed by atoms with E-state index >= 15 is 0 Å². The molecule has 0 fully saturated rings. The van der Waals surface area contributed by atoms with Gasteiger partial charge < -0.3 is 15.8 Å². The monoisotopic (exact) mass is 230 g/mol. The molecule has 0 saturated carbocycles. The third-order valence-electron chi connectivity index (χ3n) is 2.21. The summed E-state index contributed by atoms with van der Waals surface area (Å²) in [7, 11) is 0. The Morgan fingerprint density at radius 1 is 1.38 bits per heavy atom. The highest BCUT2D eigenvalue weighted by molar-refractivity contribution is 5.85. The van der Waals surface area contributed by atoms with Crippen LogP contribution in [-0.2, 0) is 14.3 Å². The summed E-state index contributed by atoms with van der Waals surface area (Å²) in [5.41, 5.74) is 4.96. The molecule has 1 atom stereocenters. The second-order valence-corrected chi connectivity index (χ2v) is 3.98. The third-order valence-corrected chi connectivity index (χ3v) is 2.21. The Balaban J connectivity index is 3.85. The van der Waals surface area contributed by atoms with Crippen LogP contribution in [0.25, 0.3) is 0 Å². The molecule has 0 aliphatic rings. The lowest BCUT2D eigenvalue weighted by atomic mass is 9.96. The van der Waals surface area contributed by atoms with Crippen molar-refractivity contribution in [1.29, 1.82) is 0 Å². The first-order valence-corrected chi connectivity index (χ1v) is 5.66. The minimum absolute atomic E-state index is 0.182. The quantitative estimate of drug-likeness (QED) is 0.627. The van der Waals surface area contributed by atoms with Crippen molar-refractivity contribution in [1.82, 2.24) is 5.32 Å². The van der Waals surface area contributed by atoms with Gasteiger partial charge >= 0.3 is 5.97 Å². The zero-order chi connectivity index (χ0) is 12.6. The van der Waals surface area contributed by atoms with E-state index in [1.807, 2.05) is 6.92 Å². The second-order valence-electron chi connectivity index (χ2n) is 3.98. The maximum absolute atomic E-state index is 11.6. The van der Waals surface area contributed by atoms with Crippen molar-refractivity contribution in [3.63, 3.8) is 0 Å². The van der Waals surface area contributed by atoms with Crippen molar-refractivity contribution in [3.05, 3.63) is 0 Å². The zero-order valence-electron chi connectivity index (χ0n) is 10.3. The van der Waals surface area contributed by atoms with Gasteiger partial charge in [0, 0.05) is 6.54 Å². The van der Waals surface area contributed by atoms with Gasteiger partial charge in [0.2, 0.25) is 5.91 Å². The number of carbonyl (C=O) groups is 2. The number of ether oxygens (including phenoxy) is 1. The zero-order valence-corrected chi connectivity index (χ0v) is 10.3. The Morgan fingerprint density at radius 3 is 2.50 bits per heavy atom. The first kappa shape index (κ1) is 14.9. The minimum Gasteiger partial charge on any atom is -0.466 e. The van der Waals surface area contributed by atoms with Gasteiger partial charge in [-0.2, -0.15) is 0 Å². The average molecular weight is 230 g/mol. The number of carbonyl (C=O) groups excluding carboxylic acids is 2. The normalized spacial score (nSPS) is 14.0. The molecule has 1 amide bonds. The van der Waals surface area contributed by atoms with Crippen LogP contribution in [-0.4, -0.2) is 30.6 Å². The van der Waals surface area contributed by atoms with Crippen LogP contribution in [0.3, 0.4) is 0 Å².